The maximum Gasteiger partial charge on any atom is 0.573 e. The fourth-order valence-electron chi connectivity index (χ4n) is 5.41. The number of hydrogen-bond donors (Lipinski definition) is 1. The predicted octanol–water partition coefficient (Wildman–Crippen LogP) is 4.44. The van der Waals surface area contributed by atoms with E-state index in [9.17, 15) is 31.2 Å². The topological polar surface area (TPSA) is 112 Å². The Morgan fingerprint density at radius 1 is 1.02 bits per heavy atom. The molecule has 3 aromatic rings. The van der Waals surface area contributed by atoms with Gasteiger partial charge in [0.25, 0.3) is 0 Å². The number of sulfonamides is 1. The molecule has 3 heterocycles. The first-order valence-electron chi connectivity index (χ1n) is 14.7. The van der Waals surface area contributed by atoms with Gasteiger partial charge in [0, 0.05) is 50.9 Å². The second kappa shape index (κ2) is 12.8. The summed E-state index contributed by atoms with van der Waals surface area (Å²) in [6.07, 6.45) is -4.32. The molecular formula is C31H36F3N5O5S2. The van der Waals surface area contributed by atoms with Crippen LogP contribution in [0.25, 0.3) is 0 Å². The lowest BCUT2D eigenvalue weighted by Gasteiger charge is -2.39. The molecule has 1 atom stereocenters. The molecule has 0 saturated carbocycles. The Bertz CT molecular complexity index is 1690. The van der Waals surface area contributed by atoms with Crippen molar-refractivity contribution in [3.05, 3.63) is 70.2 Å². The van der Waals surface area contributed by atoms with E-state index in [4.69, 9.17) is 4.98 Å². The summed E-state index contributed by atoms with van der Waals surface area (Å²) in [5.74, 6) is -1.10. The van der Waals surface area contributed by atoms with Crippen molar-refractivity contribution in [2.45, 2.75) is 69.9 Å². The van der Waals surface area contributed by atoms with Crippen LogP contribution in [0.1, 0.15) is 49.4 Å². The molecule has 2 amide bonds. The first-order valence-corrected chi connectivity index (χ1v) is 17.0. The van der Waals surface area contributed by atoms with E-state index >= 15 is 0 Å². The minimum absolute atomic E-state index is 0.00606. The fraction of sp³-hybridized carbons (Fsp3) is 0.452. The Kier molecular flexibility index (Phi) is 9.40. The number of anilines is 1. The lowest BCUT2D eigenvalue weighted by Crippen LogP contribution is -2.60. The van der Waals surface area contributed by atoms with Gasteiger partial charge >= 0.3 is 6.36 Å². The second-order valence-electron chi connectivity index (χ2n) is 12.3. The molecule has 1 saturated heterocycles. The van der Waals surface area contributed by atoms with Crippen LogP contribution >= 0.6 is 11.3 Å². The molecule has 2 aromatic carbocycles. The fourth-order valence-corrected chi connectivity index (χ4v) is 8.13. The van der Waals surface area contributed by atoms with E-state index in [1.165, 1.54) is 18.3 Å². The maximum atomic E-state index is 13.8. The van der Waals surface area contributed by atoms with Crippen molar-refractivity contribution in [1.29, 1.82) is 0 Å². The number of nitrogens with zero attached hydrogens (tertiary/aromatic N) is 4. The molecule has 1 aromatic heterocycles. The minimum atomic E-state index is -4.92. The zero-order valence-electron chi connectivity index (χ0n) is 25.9. The zero-order chi connectivity index (χ0) is 33.4. The molecule has 15 heteroatoms. The number of halogens is 3. The molecule has 46 heavy (non-hydrogen) atoms. The number of amides is 2. The number of carbonyl (C=O) groups excluding carboxylic acids is 2. The van der Waals surface area contributed by atoms with Crippen LogP contribution in [0, 0.1) is 0 Å². The van der Waals surface area contributed by atoms with Crippen LogP contribution in [-0.2, 0) is 44.5 Å². The van der Waals surface area contributed by atoms with Gasteiger partial charge in [-0.15, -0.1) is 13.2 Å². The smallest absolute Gasteiger partial charge is 0.406 e. The Hall–Kier alpha value is -3.69. The maximum absolute atomic E-state index is 13.8. The molecule has 0 spiro atoms. The molecule has 2 aliphatic heterocycles. The monoisotopic (exact) mass is 679 g/mol. The van der Waals surface area contributed by atoms with E-state index < -0.39 is 34.1 Å². The number of rotatable bonds is 7. The van der Waals surface area contributed by atoms with Crippen LogP contribution in [0.15, 0.2) is 53.4 Å². The van der Waals surface area contributed by atoms with Gasteiger partial charge in [-0.2, -0.15) is 4.31 Å². The Labute approximate surface area is 270 Å². The molecule has 1 N–H and O–H groups in total. The van der Waals surface area contributed by atoms with Gasteiger partial charge in [0.1, 0.15) is 11.8 Å². The van der Waals surface area contributed by atoms with Gasteiger partial charge in [0.15, 0.2) is 5.13 Å². The predicted molar refractivity (Wildman–Crippen MR) is 167 cm³/mol. The van der Waals surface area contributed by atoms with Gasteiger partial charge in [-0.25, -0.2) is 13.4 Å². The highest BCUT2D eigenvalue weighted by Crippen LogP contribution is 2.33. The number of piperazine rings is 1. The summed E-state index contributed by atoms with van der Waals surface area (Å²) in [6, 6.07) is 10.6. The molecule has 248 valence electrons. The molecule has 1 fully saturated rings. The van der Waals surface area contributed by atoms with Crippen LogP contribution in [0.3, 0.4) is 0 Å². The summed E-state index contributed by atoms with van der Waals surface area (Å²) < 4.78 is 70.6. The van der Waals surface area contributed by atoms with E-state index in [0.29, 0.717) is 24.6 Å². The quantitative estimate of drug-likeness (QED) is 0.393. The Morgan fingerprint density at radius 2 is 1.70 bits per heavy atom. The zero-order valence-corrected chi connectivity index (χ0v) is 27.6. The minimum Gasteiger partial charge on any atom is -0.406 e. The molecular weight excluding hydrogens is 643 g/mol. The van der Waals surface area contributed by atoms with Gasteiger partial charge in [0.2, 0.25) is 21.8 Å². The summed E-state index contributed by atoms with van der Waals surface area (Å²) in [4.78, 5) is 34.7. The van der Waals surface area contributed by atoms with Crippen LogP contribution in [-0.4, -0.2) is 73.0 Å². The molecule has 0 aliphatic carbocycles. The highest BCUT2D eigenvalue weighted by molar-refractivity contribution is 7.89. The van der Waals surface area contributed by atoms with Gasteiger partial charge in [-0.3, -0.25) is 9.59 Å². The first-order chi connectivity index (χ1) is 21.5. The van der Waals surface area contributed by atoms with Crippen LogP contribution in [0.5, 0.6) is 5.75 Å². The average Bonchev–Trinajstić information content (AvgIpc) is 3.42. The third-order valence-electron chi connectivity index (χ3n) is 8.02. The molecule has 0 bridgehead atoms. The summed E-state index contributed by atoms with van der Waals surface area (Å²) in [7, 11) is -4.30. The average molecular weight is 680 g/mol. The van der Waals surface area contributed by atoms with Crippen molar-refractivity contribution >= 4 is 38.3 Å². The summed E-state index contributed by atoms with van der Waals surface area (Å²) in [5.41, 5.74) is 2.81. The highest BCUT2D eigenvalue weighted by Gasteiger charge is 2.41. The third-order valence-corrected chi connectivity index (χ3v) is 11.1. The number of carbonyl (C=O) groups is 2. The largest absolute Gasteiger partial charge is 0.573 e. The van der Waals surface area contributed by atoms with Crippen molar-refractivity contribution < 1.29 is 35.9 Å². The van der Waals surface area contributed by atoms with E-state index in [-0.39, 0.29) is 42.4 Å². The van der Waals surface area contributed by atoms with E-state index in [1.54, 1.807) is 4.90 Å². The number of fused-ring (bicyclic) bond motifs is 1. The number of ether oxygens (including phenoxy) is 1. The molecule has 2 aliphatic rings. The SMILES string of the molecule is CC(=O)N1CCc2nc(N3CCN(S(=O)(=O)c4ccc(OC(F)(F)F)cc4)[C@@H](C(=O)NCc4ccc(C(C)(C)C)cc4)C3)sc2C1. The molecule has 0 radical (unpaired) electrons. The van der Waals surface area contributed by atoms with Crippen molar-refractivity contribution in [2.24, 2.45) is 0 Å². The van der Waals surface area contributed by atoms with Crippen LogP contribution in [0.2, 0.25) is 0 Å². The van der Waals surface area contributed by atoms with Gasteiger partial charge < -0.3 is 19.9 Å². The van der Waals surface area contributed by atoms with Gasteiger partial charge in [0.05, 0.1) is 17.1 Å². The highest BCUT2D eigenvalue weighted by atomic mass is 32.2. The third kappa shape index (κ3) is 7.64. The van der Waals surface area contributed by atoms with Crippen LogP contribution in [0.4, 0.5) is 18.3 Å². The van der Waals surface area contributed by atoms with Crippen molar-refractivity contribution in [3.8, 4) is 5.75 Å². The molecule has 10 nitrogen and oxygen atoms in total. The van der Waals surface area contributed by atoms with Gasteiger partial charge in [-0.05, 0) is 40.8 Å². The lowest BCUT2D eigenvalue weighted by molar-refractivity contribution is -0.274. The number of benzene rings is 2. The Morgan fingerprint density at radius 3 is 2.30 bits per heavy atom. The number of thiazole rings is 1. The first kappa shape index (κ1) is 33.7. The summed E-state index contributed by atoms with van der Waals surface area (Å²) in [5, 5.41) is 3.51. The number of hydrogen-bond acceptors (Lipinski definition) is 8. The van der Waals surface area contributed by atoms with Crippen molar-refractivity contribution in [3.63, 3.8) is 0 Å². The van der Waals surface area contributed by atoms with Crippen molar-refractivity contribution in [1.82, 2.24) is 19.5 Å². The summed E-state index contributed by atoms with van der Waals surface area (Å²) >= 11 is 1.42. The second-order valence-corrected chi connectivity index (χ2v) is 15.3. The van der Waals surface area contributed by atoms with Gasteiger partial charge in [-0.1, -0.05) is 56.4 Å². The number of nitrogens with one attached hydrogen (secondary N) is 1. The Balaban J connectivity index is 1.38. The van der Waals surface area contributed by atoms with Crippen molar-refractivity contribution in [2.75, 3.05) is 31.1 Å². The number of alkyl halides is 3. The van der Waals surface area contributed by atoms with E-state index in [0.717, 1.165) is 50.3 Å². The van der Waals surface area contributed by atoms with Crippen LogP contribution < -0.4 is 15.0 Å². The normalized spacial score (nSPS) is 17.8. The lowest BCUT2D eigenvalue weighted by atomic mass is 9.87. The van der Waals surface area contributed by atoms with E-state index in [2.05, 4.69) is 30.8 Å². The van der Waals surface area contributed by atoms with E-state index in [1.807, 2.05) is 29.2 Å². The molecule has 0 unspecified atom stereocenters. The number of aromatic nitrogens is 1. The molecule has 5 rings (SSSR count). The summed E-state index contributed by atoms with van der Waals surface area (Å²) in [6.45, 7) is 9.17. The standard InChI is InChI=1S/C31H36F3N5O5S2/c1-20(40)37-14-13-25-27(19-37)45-29(36-25)38-15-16-39(46(42,43)24-11-9-23(10-12-24)44-31(32,33)34)26(18-38)28(41)35-17-21-5-7-22(8-6-21)30(2,3)4/h5-12,26H,13-19H2,1-4H3,(H,35,41)/t26-/m1/s1.